The van der Waals surface area contributed by atoms with Gasteiger partial charge in [0.15, 0.2) is 19.7 Å². The number of piperidine rings is 1. The Morgan fingerprint density at radius 3 is 2.04 bits per heavy atom. The zero-order valence-corrected chi connectivity index (χ0v) is 16.3. The maximum atomic E-state index is 12.6. The summed E-state index contributed by atoms with van der Waals surface area (Å²) >= 11 is 0. The van der Waals surface area contributed by atoms with Crippen LogP contribution in [-0.4, -0.2) is 70.7 Å². The number of likely N-dealkylation sites (tertiary alicyclic amines) is 1. The molecule has 10 heteroatoms. The Morgan fingerprint density at radius 2 is 1.62 bits per heavy atom. The molecule has 0 radical (unpaired) electrons. The van der Waals surface area contributed by atoms with Gasteiger partial charge in [-0.15, -0.1) is 0 Å². The number of amides is 1. The maximum Gasteiger partial charge on any atom is 0.407 e. The maximum absolute atomic E-state index is 12.6. The molecule has 0 saturated carbocycles. The molecule has 1 heterocycles. The lowest BCUT2D eigenvalue weighted by Crippen LogP contribution is -2.48. The molecule has 146 valence electrons. The molecule has 0 aromatic heterocycles. The predicted octanol–water partition coefficient (Wildman–Crippen LogP) is 1.41. The Balaban J connectivity index is 2.08. The van der Waals surface area contributed by atoms with Gasteiger partial charge in [0.2, 0.25) is 0 Å². The molecular formula is C16H23NO7S2. The summed E-state index contributed by atoms with van der Waals surface area (Å²) in [6, 6.07) is 5.13. The first-order chi connectivity index (χ1) is 12.0. The zero-order chi connectivity index (χ0) is 19.6. The molecule has 0 atom stereocenters. The van der Waals surface area contributed by atoms with Crippen molar-refractivity contribution in [3.8, 4) is 0 Å². The molecule has 2 rings (SSSR count). The molecule has 8 nitrogen and oxygen atoms in total. The minimum absolute atomic E-state index is 0.0547. The number of hydrogen-bond acceptors (Lipinski definition) is 6. The molecule has 1 aromatic carbocycles. The number of nitrogens with zero attached hydrogens (tertiary/aromatic N) is 1. The molecule has 1 saturated heterocycles. The van der Waals surface area contributed by atoms with Crippen LogP contribution < -0.4 is 0 Å². The average molecular weight is 405 g/mol. The quantitative estimate of drug-likeness (QED) is 0.760. The molecule has 0 unspecified atom stereocenters. The van der Waals surface area contributed by atoms with Crippen molar-refractivity contribution < 1.29 is 31.5 Å². The summed E-state index contributed by atoms with van der Waals surface area (Å²) in [7, 11) is -5.49. The van der Waals surface area contributed by atoms with Crippen molar-refractivity contribution in [3.63, 3.8) is 0 Å². The van der Waals surface area contributed by atoms with Gasteiger partial charge in [-0.25, -0.2) is 21.6 Å². The van der Waals surface area contributed by atoms with Gasteiger partial charge in [0.1, 0.15) is 0 Å². The number of ether oxygens (including phenoxy) is 1. The number of carbonyl (C=O) groups is 1. The van der Waals surface area contributed by atoms with E-state index < -0.39 is 31.4 Å². The molecule has 26 heavy (non-hydrogen) atoms. The van der Waals surface area contributed by atoms with Crippen LogP contribution in [-0.2, 0) is 24.4 Å². The molecule has 1 amide bonds. The van der Waals surface area contributed by atoms with E-state index in [1.54, 1.807) is 0 Å². The van der Waals surface area contributed by atoms with Crippen LogP contribution in [0.15, 0.2) is 34.1 Å². The normalized spacial score (nSPS) is 17.8. The number of rotatable bonds is 6. The van der Waals surface area contributed by atoms with Crippen molar-refractivity contribution in [2.45, 2.75) is 34.7 Å². The number of sulfone groups is 2. The highest BCUT2D eigenvalue weighted by Crippen LogP contribution is 2.31. The van der Waals surface area contributed by atoms with E-state index in [9.17, 15) is 21.6 Å². The third kappa shape index (κ3) is 4.74. The van der Waals surface area contributed by atoms with E-state index in [2.05, 4.69) is 0 Å². The summed E-state index contributed by atoms with van der Waals surface area (Å²) in [5, 5.41) is 9.02. The van der Waals surface area contributed by atoms with Crippen LogP contribution in [0.1, 0.15) is 19.3 Å². The topological polar surface area (TPSA) is 118 Å². The first-order valence-corrected chi connectivity index (χ1v) is 11.6. The van der Waals surface area contributed by atoms with E-state index in [0.717, 1.165) is 6.26 Å². The van der Waals surface area contributed by atoms with Gasteiger partial charge in [-0.3, -0.25) is 0 Å². The third-order valence-electron chi connectivity index (χ3n) is 4.82. The second-order valence-electron chi connectivity index (χ2n) is 6.47. The highest BCUT2D eigenvalue weighted by atomic mass is 32.2. The highest BCUT2D eigenvalue weighted by Gasteiger charge is 2.37. The van der Waals surface area contributed by atoms with Gasteiger partial charge in [-0.2, -0.15) is 0 Å². The number of methoxy groups -OCH3 is 1. The van der Waals surface area contributed by atoms with E-state index in [4.69, 9.17) is 9.84 Å². The van der Waals surface area contributed by atoms with Gasteiger partial charge in [0, 0.05) is 26.5 Å². The SMILES string of the molecule is COC1(CCS(=O)(=O)c2ccc(S(C)(=O)=O)cc2)CCN(C(=O)O)CC1. The number of hydrogen-bond donors (Lipinski definition) is 1. The first kappa shape index (κ1) is 20.7. The van der Waals surface area contributed by atoms with Gasteiger partial charge in [0.05, 0.1) is 21.1 Å². The van der Waals surface area contributed by atoms with Crippen LogP contribution in [0.3, 0.4) is 0 Å². The van der Waals surface area contributed by atoms with Gasteiger partial charge in [-0.1, -0.05) is 0 Å². The zero-order valence-electron chi connectivity index (χ0n) is 14.7. The Hall–Kier alpha value is -1.65. The molecule has 0 aliphatic carbocycles. The van der Waals surface area contributed by atoms with Crippen LogP contribution in [0.2, 0.25) is 0 Å². The minimum atomic E-state index is -3.60. The van der Waals surface area contributed by atoms with Gasteiger partial charge >= 0.3 is 6.09 Å². The van der Waals surface area contributed by atoms with Crippen molar-refractivity contribution >= 4 is 25.8 Å². The standard InChI is InChI=1S/C16H23NO7S2/c1-24-16(7-10-17(11-8-16)15(18)19)9-12-26(22,23)14-5-3-13(4-6-14)25(2,20)21/h3-6H,7-12H2,1-2H3,(H,18,19). The fourth-order valence-electron chi connectivity index (χ4n) is 2.99. The summed E-state index contributed by atoms with van der Waals surface area (Å²) in [6.45, 7) is 0.596. The van der Waals surface area contributed by atoms with Crippen LogP contribution in [0.4, 0.5) is 4.79 Å². The first-order valence-electron chi connectivity index (χ1n) is 8.05. The molecular weight excluding hydrogens is 382 g/mol. The number of benzene rings is 1. The second-order valence-corrected chi connectivity index (χ2v) is 10.6. The monoisotopic (exact) mass is 405 g/mol. The van der Waals surface area contributed by atoms with Crippen LogP contribution in [0, 0.1) is 0 Å². The molecule has 0 bridgehead atoms. The summed E-state index contributed by atoms with van der Waals surface area (Å²) in [5.41, 5.74) is -0.675. The van der Waals surface area contributed by atoms with Gasteiger partial charge < -0.3 is 14.7 Å². The Kier molecular flexibility index (Phi) is 5.99. The lowest BCUT2D eigenvalue weighted by Gasteiger charge is -2.39. The smallest absolute Gasteiger partial charge is 0.407 e. The van der Waals surface area contributed by atoms with Crippen molar-refractivity contribution in [1.82, 2.24) is 4.90 Å². The van der Waals surface area contributed by atoms with E-state index in [1.165, 1.54) is 36.3 Å². The summed E-state index contributed by atoms with van der Waals surface area (Å²) in [5.74, 6) is -0.161. The van der Waals surface area contributed by atoms with Crippen LogP contribution in [0.25, 0.3) is 0 Å². The largest absolute Gasteiger partial charge is 0.465 e. The fraction of sp³-hybridized carbons (Fsp3) is 0.562. The molecule has 1 N–H and O–H groups in total. The Labute approximate surface area is 153 Å². The predicted molar refractivity (Wildman–Crippen MR) is 94.8 cm³/mol. The minimum Gasteiger partial charge on any atom is -0.465 e. The van der Waals surface area contributed by atoms with Crippen molar-refractivity contribution in [3.05, 3.63) is 24.3 Å². The van der Waals surface area contributed by atoms with Crippen molar-refractivity contribution in [2.24, 2.45) is 0 Å². The molecule has 1 aliphatic heterocycles. The van der Waals surface area contributed by atoms with E-state index in [-0.39, 0.29) is 22.0 Å². The lowest BCUT2D eigenvalue weighted by molar-refractivity contribution is -0.0547. The van der Waals surface area contributed by atoms with Gasteiger partial charge in [-0.05, 0) is 43.5 Å². The molecule has 1 aromatic rings. The second kappa shape index (κ2) is 7.53. The van der Waals surface area contributed by atoms with Crippen LogP contribution in [0.5, 0.6) is 0 Å². The van der Waals surface area contributed by atoms with E-state index >= 15 is 0 Å². The fourth-order valence-corrected chi connectivity index (χ4v) is 5.05. The summed E-state index contributed by atoms with van der Waals surface area (Å²) in [6.07, 6.45) is 1.17. The van der Waals surface area contributed by atoms with E-state index in [0.29, 0.717) is 25.9 Å². The Morgan fingerprint density at radius 1 is 1.12 bits per heavy atom. The van der Waals surface area contributed by atoms with Crippen LogP contribution >= 0.6 is 0 Å². The van der Waals surface area contributed by atoms with Crippen molar-refractivity contribution in [1.29, 1.82) is 0 Å². The summed E-state index contributed by atoms with van der Waals surface area (Å²) in [4.78, 5) is 12.4. The average Bonchev–Trinajstić information content (AvgIpc) is 2.60. The third-order valence-corrected chi connectivity index (χ3v) is 7.68. The molecule has 1 fully saturated rings. The summed E-state index contributed by atoms with van der Waals surface area (Å²) < 4.78 is 53.6. The number of carboxylic acid groups (broad SMARTS) is 1. The lowest BCUT2D eigenvalue weighted by atomic mass is 9.89. The molecule has 1 aliphatic rings. The van der Waals surface area contributed by atoms with E-state index in [1.807, 2.05) is 0 Å². The van der Waals surface area contributed by atoms with Crippen molar-refractivity contribution in [2.75, 3.05) is 32.2 Å². The molecule has 0 spiro atoms. The Bertz CT molecular complexity index is 852. The van der Waals surface area contributed by atoms with Gasteiger partial charge in [0.25, 0.3) is 0 Å². The highest BCUT2D eigenvalue weighted by molar-refractivity contribution is 7.91.